The summed E-state index contributed by atoms with van der Waals surface area (Å²) in [5, 5.41) is 3.49. The molecule has 5 heteroatoms. The highest BCUT2D eigenvalue weighted by Gasteiger charge is 2.20. The van der Waals surface area contributed by atoms with Crippen molar-refractivity contribution in [2.45, 2.75) is 19.4 Å². The van der Waals surface area contributed by atoms with Crippen molar-refractivity contribution in [3.05, 3.63) is 34.3 Å². The van der Waals surface area contributed by atoms with Gasteiger partial charge >= 0.3 is 6.09 Å². The zero-order valence-corrected chi connectivity index (χ0v) is 10.4. The zero-order chi connectivity index (χ0) is 10.8. The van der Waals surface area contributed by atoms with Gasteiger partial charge in [-0.3, -0.25) is 0 Å². The minimum absolute atomic E-state index is 0. The van der Waals surface area contributed by atoms with E-state index in [0.29, 0.717) is 6.61 Å². The van der Waals surface area contributed by atoms with Gasteiger partial charge < -0.3 is 10.1 Å². The van der Waals surface area contributed by atoms with E-state index in [1.54, 1.807) is 0 Å². The number of alkyl carbamates (subject to hydrolysis) is 1. The Morgan fingerprint density at radius 1 is 1.50 bits per heavy atom. The fourth-order valence-corrected chi connectivity index (χ4v) is 1.79. The smallest absolute Gasteiger partial charge is 0.407 e. The van der Waals surface area contributed by atoms with E-state index < -0.39 is 0 Å². The first-order chi connectivity index (χ1) is 7.16. The van der Waals surface area contributed by atoms with E-state index in [9.17, 15) is 4.79 Å². The minimum atomic E-state index is -0.358. The molecular weight excluding hydrogens is 249 g/mol. The average Bonchev–Trinajstić information content (AvgIpc) is 2.22. The molecule has 16 heavy (non-hydrogen) atoms. The molecule has 0 aromatic heterocycles. The van der Waals surface area contributed by atoms with Gasteiger partial charge in [-0.05, 0) is 24.1 Å². The summed E-state index contributed by atoms with van der Waals surface area (Å²) in [4.78, 5) is 11.0. The summed E-state index contributed by atoms with van der Waals surface area (Å²) in [7, 11) is 0. The van der Waals surface area contributed by atoms with Crippen LogP contribution in [0.25, 0.3) is 0 Å². The Morgan fingerprint density at radius 3 is 2.88 bits per heavy atom. The number of carbonyl (C=O) groups is 1. The molecule has 1 aromatic rings. The molecule has 1 aliphatic heterocycles. The van der Waals surface area contributed by atoms with Crippen LogP contribution in [0.4, 0.5) is 4.79 Å². The summed E-state index contributed by atoms with van der Waals surface area (Å²) in [6.45, 7) is 2.41. The Hall–Kier alpha value is -0.930. The summed E-state index contributed by atoms with van der Waals surface area (Å²) in [5.74, 6) is 0. The van der Waals surface area contributed by atoms with Crippen molar-refractivity contribution in [3.63, 3.8) is 0 Å². The Bertz CT molecular complexity index is 396. The molecule has 3 nitrogen and oxygen atoms in total. The normalized spacial score (nSPS) is 19.4. The third-order valence-corrected chi connectivity index (χ3v) is 2.94. The lowest BCUT2D eigenvalue weighted by Gasteiger charge is -2.23. The van der Waals surface area contributed by atoms with Crippen molar-refractivity contribution in [1.29, 1.82) is 0 Å². The lowest BCUT2D eigenvalue weighted by Crippen LogP contribution is -2.35. The lowest BCUT2D eigenvalue weighted by molar-refractivity contribution is 0.115. The van der Waals surface area contributed by atoms with Gasteiger partial charge in [0.05, 0.1) is 12.6 Å². The summed E-state index contributed by atoms with van der Waals surface area (Å²) in [6, 6.07) is 5.86. The van der Waals surface area contributed by atoms with Gasteiger partial charge in [-0.15, -0.1) is 12.4 Å². The van der Waals surface area contributed by atoms with Crippen molar-refractivity contribution >= 4 is 30.1 Å². The van der Waals surface area contributed by atoms with Crippen LogP contribution in [0, 0.1) is 6.92 Å². The first kappa shape index (κ1) is 13.1. The number of aryl methyl sites for hydroxylation is 1. The number of ether oxygens (including phenoxy) is 1. The molecule has 1 amide bonds. The Morgan fingerprint density at radius 2 is 2.25 bits per heavy atom. The zero-order valence-electron chi connectivity index (χ0n) is 8.83. The summed E-state index contributed by atoms with van der Waals surface area (Å²) < 4.78 is 4.80. The average molecular weight is 262 g/mol. The van der Waals surface area contributed by atoms with Gasteiger partial charge in [0.15, 0.2) is 0 Å². The van der Waals surface area contributed by atoms with Crippen LogP contribution in [-0.4, -0.2) is 12.7 Å². The molecule has 0 saturated carbocycles. The van der Waals surface area contributed by atoms with Crippen LogP contribution in [0.1, 0.15) is 23.6 Å². The van der Waals surface area contributed by atoms with E-state index in [1.165, 1.54) is 0 Å². The van der Waals surface area contributed by atoms with Crippen molar-refractivity contribution in [2.24, 2.45) is 0 Å². The Kier molecular flexibility index (Phi) is 4.44. The second-order valence-corrected chi connectivity index (χ2v) is 4.04. The van der Waals surface area contributed by atoms with E-state index in [2.05, 4.69) is 5.32 Å². The largest absolute Gasteiger partial charge is 0.449 e. The number of hydrogen-bond acceptors (Lipinski definition) is 2. The van der Waals surface area contributed by atoms with E-state index in [1.807, 2.05) is 25.1 Å². The fraction of sp³-hybridized carbons (Fsp3) is 0.364. The van der Waals surface area contributed by atoms with E-state index in [4.69, 9.17) is 16.3 Å². The van der Waals surface area contributed by atoms with E-state index in [-0.39, 0.29) is 24.5 Å². The molecule has 1 atom stereocenters. The molecular formula is C11H13Cl2NO2. The maximum Gasteiger partial charge on any atom is 0.407 e. The van der Waals surface area contributed by atoms with Gasteiger partial charge in [0, 0.05) is 11.4 Å². The number of halogens is 2. The molecule has 1 fully saturated rings. The summed E-state index contributed by atoms with van der Waals surface area (Å²) in [6.07, 6.45) is 0.424. The first-order valence-electron chi connectivity index (χ1n) is 4.86. The molecule has 1 heterocycles. The molecule has 0 bridgehead atoms. The number of benzene rings is 1. The Labute approximate surface area is 106 Å². The molecule has 88 valence electrons. The van der Waals surface area contributed by atoms with Crippen LogP contribution in [0.2, 0.25) is 5.02 Å². The standard InChI is InChI=1S/C11H12ClNO2.ClH/c1-7-2-3-8(6-9(7)12)10-4-5-15-11(14)13-10;/h2-3,6,10H,4-5H2,1H3,(H,13,14);1H/t10-;/m0./s1. The van der Waals surface area contributed by atoms with Gasteiger partial charge in [0.25, 0.3) is 0 Å². The van der Waals surface area contributed by atoms with Crippen molar-refractivity contribution in [1.82, 2.24) is 5.32 Å². The van der Waals surface area contributed by atoms with Gasteiger partial charge in [0.1, 0.15) is 0 Å². The van der Waals surface area contributed by atoms with Crippen LogP contribution in [0.5, 0.6) is 0 Å². The number of hydrogen-bond donors (Lipinski definition) is 1. The van der Waals surface area contributed by atoms with Gasteiger partial charge in [-0.1, -0.05) is 23.7 Å². The van der Waals surface area contributed by atoms with Crippen LogP contribution < -0.4 is 5.32 Å². The van der Waals surface area contributed by atoms with Gasteiger partial charge in [-0.25, -0.2) is 4.79 Å². The monoisotopic (exact) mass is 261 g/mol. The van der Waals surface area contributed by atoms with E-state index in [0.717, 1.165) is 22.6 Å². The minimum Gasteiger partial charge on any atom is -0.449 e. The fourth-order valence-electron chi connectivity index (χ4n) is 1.60. The second kappa shape index (κ2) is 5.41. The quantitative estimate of drug-likeness (QED) is 0.843. The van der Waals surface area contributed by atoms with Crippen LogP contribution in [0.15, 0.2) is 18.2 Å². The molecule has 1 N–H and O–H groups in total. The Balaban J connectivity index is 0.00000128. The van der Waals surface area contributed by atoms with Crippen molar-refractivity contribution in [2.75, 3.05) is 6.61 Å². The first-order valence-corrected chi connectivity index (χ1v) is 5.24. The van der Waals surface area contributed by atoms with E-state index >= 15 is 0 Å². The number of cyclic esters (lactones) is 1. The molecule has 0 unspecified atom stereocenters. The molecule has 1 aliphatic rings. The van der Waals surface area contributed by atoms with Crippen LogP contribution >= 0.6 is 24.0 Å². The number of nitrogens with one attached hydrogen (secondary N) is 1. The SMILES string of the molecule is Cc1ccc([C@@H]2CCOC(=O)N2)cc1Cl.Cl. The highest BCUT2D eigenvalue weighted by Crippen LogP contribution is 2.24. The molecule has 0 radical (unpaired) electrons. The molecule has 0 aliphatic carbocycles. The van der Waals surface area contributed by atoms with Crippen molar-refractivity contribution < 1.29 is 9.53 Å². The maximum atomic E-state index is 11.0. The van der Waals surface area contributed by atoms with Gasteiger partial charge in [0.2, 0.25) is 0 Å². The number of amides is 1. The predicted molar refractivity (Wildman–Crippen MR) is 65.3 cm³/mol. The summed E-state index contributed by atoms with van der Waals surface area (Å²) >= 11 is 6.03. The molecule has 1 saturated heterocycles. The highest BCUT2D eigenvalue weighted by atomic mass is 35.5. The topological polar surface area (TPSA) is 38.3 Å². The molecule has 0 spiro atoms. The number of rotatable bonds is 1. The third kappa shape index (κ3) is 2.80. The predicted octanol–water partition coefficient (Wildman–Crippen LogP) is 3.24. The molecule has 2 rings (SSSR count). The number of carbonyl (C=O) groups excluding carboxylic acids is 1. The molecule has 1 aromatic carbocycles. The van der Waals surface area contributed by atoms with Crippen molar-refractivity contribution in [3.8, 4) is 0 Å². The third-order valence-electron chi connectivity index (χ3n) is 2.53. The van der Waals surface area contributed by atoms with Crippen LogP contribution in [-0.2, 0) is 4.74 Å². The van der Waals surface area contributed by atoms with Gasteiger partial charge in [-0.2, -0.15) is 0 Å². The maximum absolute atomic E-state index is 11.0. The second-order valence-electron chi connectivity index (χ2n) is 3.63. The lowest BCUT2D eigenvalue weighted by atomic mass is 10.0. The van der Waals surface area contributed by atoms with Crippen LogP contribution in [0.3, 0.4) is 0 Å². The highest BCUT2D eigenvalue weighted by molar-refractivity contribution is 6.31. The summed E-state index contributed by atoms with van der Waals surface area (Å²) in [5.41, 5.74) is 2.07.